The maximum Gasteiger partial charge on any atom is 0.262 e. The van der Waals surface area contributed by atoms with E-state index in [0.717, 1.165) is 5.56 Å². The van der Waals surface area contributed by atoms with Crippen LogP contribution in [0.2, 0.25) is 0 Å². The number of rotatable bonds is 4. The van der Waals surface area contributed by atoms with E-state index >= 15 is 0 Å². The van der Waals surface area contributed by atoms with Crippen molar-refractivity contribution in [3.05, 3.63) is 59.5 Å². The topological polar surface area (TPSA) is 111 Å². The fourth-order valence-corrected chi connectivity index (χ4v) is 3.90. The number of nitrogens with one attached hydrogen (secondary N) is 2. The summed E-state index contributed by atoms with van der Waals surface area (Å²) < 4.78 is 12.6. The van der Waals surface area contributed by atoms with Crippen LogP contribution in [0.3, 0.4) is 0 Å². The van der Waals surface area contributed by atoms with E-state index in [-0.39, 0.29) is 24.5 Å². The van der Waals surface area contributed by atoms with Gasteiger partial charge in [-0.25, -0.2) is 4.98 Å². The van der Waals surface area contributed by atoms with E-state index in [1.54, 1.807) is 42.3 Å². The number of nitrogens with zero attached hydrogens (tertiary/aromatic N) is 3. The van der Waals surface area contributed by atoms with Crippen molar-refractivity contribution in [1.82, 2.24) is 20.1 Å². The van der Waals surface area contributed by atoms with Gasteiger partial charge in [0.2, 0.25) is 0 Å². The molecule has 0 radical (unpaired) electrons. The SMILES string of the molecule is Cc1nn(C)c2nc(-c3ccco3)cc(C(=O)N[C@@H](C)c3ccc4c(c3)NC(=O)CO4)c12. The van der Waals surface area contributed by atoms with E-state index in [4.69, 9.17) is 9.15 Å². The van der Waals surface area contributed by atoms with Crippen LogP contribution in [0, 0.1) is 6.92 Å². The second-order valence-corrected chi connectivity index (χ2v) is 7.73. The Labute approximate surface area is 183 Å². The smallest absolute Gasteiger partial charge is 0.262 e. The van der Waals surface area contributed by atoms with Crippen LogP contribution in [0.4, 0.5) is 5.69 Å². The zero-order valence-corrected chi connectivity index (χ0v) is 17.8. The van der Waals surface area contributed by atoms with Gasteiger partial charge in [0.25, 0.3) is 11.8 Å². The van der Waals surface area contributed by atoms with E-state index in [1.807, 2.05) is 26.0 Å². The number of aromatic nitrogens is 3. The van der Waals surface area contributed by atoms with Crippen LogP contribution < -0.4 is 15.4 Å². The van der Waals surface area contributed by atoms with Gasteiger partial charge in [0.05, 0.1) is 34.6 Å². The molecule has 0 fully saturated rings. The summed E-state index contributed by atoms with van der Waals surface area (Å²) >= 11 is 0. The molecule has 32 heavy (non-hydrogen) atoms. The van der Waals surface area contributed by atoms with Gasteiger partial charge < -0.3 is 19.8 Å². The van der Waals surface area contributed by atoms with Gasteiger partial charge in [-0.15, -0.1) is 0 Å². The number of ether oxygens (including phenoxy) is 1. The lowest BCUT2D eigenvalue weighted by atomic mass is 10.0. The predicted molar refractivity (Wildman–Crippen MR) is 117 cm³/mol. The minimum absolute atomic E-state index is 0.000851. The number of hydrogen-bond acceptors (Lipinski definition) is 6. The van der Waals surface area contributed by atoms with Gasteiger partial charge in [-0.3, -0.25) is 14.3 Å². The van der Waals surface area contributed by atoms with E-state index in [2.05, 4.69) is 20.7 Å². The number of pyridine rings is 1. The van der Waals surface area contributed by atoms with Crippen molar-refractivity contribution in [2.75, 3.05) is 11.9 Å². The predicted octanol–water partition coefficient (Wildman–Crippen LogP) is 3.36. The first kappa shape index (κ1) is 19.8. The van der Waals surface area contributed by atoms with Gasteiger partial charge >= 0.3 is 0 Å². The second-order valence-electron chi connectivity index (χ2n) is 7.73. The molecule has 1 aromatic carbocycles. The van der Waals surface area contributed by atoms with Crippen molar-refractivity contribution in [2.24, 2.45) is 7.05 Å². The lowest BCUT2D eigenvalue weighted by Crippen LogP contribution is -2.28. The number of benzene rings is 1. The van der Waals surface area contributed by atoms with Crippen molar-refractivity contribution < 1.29 is 18.7 Å². The fraction of sp³-hybridized carbons (Fsp3) is 0.217. The van der Waals surface area contributed by atoms with Crippen LogP contribution in [0.5, 0.6) is 5.75 Å². The molecule has 1 atom stereocenters. The number of amides is 2. The molecule has 3 aromatic heterocycles. The molecule has 2 N–H and O–H groups in total. The number of carbonyl (C=O) groups is 2. The van der Waals surface area contributed by atoms with Crippen molar-refractivity contribution in [1.29, 1.82) is 0 Å². The van der Waals surface area contributed by atoms with Crippen LogP contribution >= 0.6 is 0 Å². The largest absolute Gasteiger partial charge is 0.482 e. The van der Waals surface area contributed by atoms with Crippen molar-refractivity contribution in [3.8, 4) is 17.2 Å². The molecule has 4 heterocycles. The van der Waals surface area contributed by atoms with Gasteiger partial charge in [0, 0.05) is 7.05 Å². The van der Waals surface area contributed by atoms with Gasteiger partial charge in [-0.1, -0.05) is 6.07 Å². The number of furan rings is 1. The normalized spacial score (nSPS) is 13.9. The van der Waals surface area contributed by atoms with Crippen LogP contribution in [-0.4, -0.2) is 33.2 Å². The first-order valence-electron chi connectivity index (χ1n) is 10.2. The minimum Gasteiger partial charge on any atom is -0.482 e. The summed E-state index contributed by atoms with van der Waals surface area (Å²) in [5.41, 5.74) is 3.76. The van der Waals surface area contributed by atoms with E-state index in [9.17, 15) is 9.59 Å². The Balaban J connectivity index is 1.50. The highest BCUT2D eigenvalue weighted by atomic mass is 16.5. The number of anilines is 1. The Hall–Kier alpha value is -4.14. The maximum atomic E-state index is 13.4. The molecule has 9 nitrogen and oxygen atoms in total. The summed E-state index contributed by atoms with van der Waals surface area (Å²) in [6.07, 6.45) is 1.57. The molecule has 1 aliphatic rings. The first-order valence-corrected chi connectivity index (χ1v) is 10.2. The molecule has 5 rings (SSSR count). The minimum atomic E-state index is -0.320. The summed E-state index contributed by atoms with van der Waals surface area (Å²) in [7, 11) is 1.79. The quantitative estimate of drug-likeness (QED) is 0.513. The average Bonchev–Trinajstić information content (AvgIpc) is 3.41. The Bertz CT molecular complexity index is 1360. The third-order valence-electron chi connectivity index (χ3n) is 5.47. The number of carbonyl (C=O) groups excluding carboxylic acids is 2. The molecule has 0 saturated carbocycles. The van der Waals surface area contributed by atoms with Crippen LogP contribution in [0.1, 0.15) is 34.6 Å². The molecule has 0 bridgehead atoms. The van der Waals surface area contributed by atoms with Crippen LogP contribution in [-0.2, 0) is 11.8 Å². The Kier molecular flexibility index (Phi) is 4.66. The molecule has 0 saturated heterocycles. The highest BCUT2D eigenvalue weighted by Gasteiger charge is 2.22. The third kappa shape index (κ3) is 3.37. The van der Waals surface area contributed by atoms with Gasteiger partial charge in [0.1, 0.15) is 11.4 Å². The second kappa shape index (κ2) is 7.52. The monoisotopic (exact) mass is 431 g/mol. The van der Waals surface area contributed by atoms with E-state index < -0.39 is 0 Å². The number of fused-ring (bicyclic) bond motifs is 2. The number of aryl methyl sites for hydroxylation is 2. The Morgan fingerprint density at radius 2 is 2.12 bits per heavy atom. The summed E-state index contributed by atoms with van der Waals surface area (Å²) in [5.74, 6) is 0.713. The molecule has 9 heteroatoms. The summed E-state index contributed by atoms with van der Waals surface area (Å²) in [6.45, 7) is 3.73. The lowest BCUT2D eigenvalue weighted by Gasteiger charge is -2.21. The van der Waals surface area contributed by atoms with Gasteiger partial charge in [-0.05, 0) is 49.7 Å². The standard InChI is InChI=1S/C23H21N5O4/c1-12(14-6-7-19-16(9-14)25-20(29)11-32-19)24-23(30)15-10-17(18-5-4-8-31-18)26-22-21(15)13(2)27-28(22)3/h4-10,12H,11H2,1-3H3,(H,24,30)(H,25,29)/t12-/m0/s1. The molecule has 0 unspecified atom stereocenters. The van der Waals surface area contributed by atoms with Gasteiger partial charge in [0.15, 0.2) is 18.0 Å². The van der Waals surface area contributed by atoms with Crippen molar-refractivity contribution in [3.63, 3.8) is 0 Å². The Morgan fingerprint density at radius 1 is 1.28 bits per heavy atom. The van der Waals surface area contributed by atoms with E-state index in [0.29, 0.717) is 45.2 Å². The zero-order chi connectivity index (χ0) is 22.4. The van der Waals surface area contributed by atoms with Crippen LogP contribution in [0.15, 0.2) is 47.1 Å². The maximum absolute atomic E-state index is 13.4. The molecule has 4 aromatic rings. The highest BCUT2D eigenvalue weighted by Crippen LogP contribution is 2.31. The number of hydrogen-bond donors (Lipinski definition) is 2. The molecule has 0 aliphatic carbocycles. The van der Waals surface area contributed by atoms with Crippen molar-refractivity contribution in [2.45, 2.75) is 19.9 Å². The average molecular weight is 431 g/mol. The molecule has 1 aliphatic heterocycles. The van der Waals surface area contributed by atoms with Crippen LogP contribution in [0.25, 0.3) is 22.5 Å². The molecular formula is C23H21N5O4. The first-order chi connectivity index (χ1) is 15.4. The summed E-state index contributed by atoms with van der Waals surface area (Å²) in [4.78, 5) is 29.6. The molecule has 2 amide bonds. The van der Waals surface area contributed by atoms with Gasteiger partial charge in [-0.2, -0.15) is 5.10 Å². The molecule has 162 valence electrons. The lowest BCUT2D eigenvalue weighted by molar-refractivity contribution is -0.118. The molecular weight excluding hydrogens is 410 g/mol. The summed E-state index contributed by atoms with van der Waals surface area (Å²) in [6, 6.07) is 10.4. The van der Waals surface area contributed by atoms with Crippen molar-refractivity contribution >= 4 is 28.5 Å². The fourth-order valence-electron chi connectivity index (χ4n) is 3.90. The third-order valence-corrected chi connectivity index (χ3v) is 5.47. The summed E-state index contributed by atoms with van der Waals surface area (Å²) in [5, 5.41) is 11.0. The molecule has 0 spiro atoms. The van der Waals surface area contributed by atoms with E-state index in [1.165, 1.54) is 0 Å². The highest BCUT2D eigenvalue weighted by molar-refractivity contribution is 6.07. The zero-order valence-electron chi connectivity index (χ0n) is 17.8. The Morgan fingerprint density at radius 3 is 2.91 bits per heavy atom.